The average Bonchev–Trinajstić information content (AvgIpc) is 3.09. The molecule has 0 aliphatic heterocycles. The third-order valence-electron chi connectivity index (χ3n) is 3.11. The van der Waals surface area contributed by atoms with Crippen molar-refractivity contribution in [1.29, 1.82) is 0 Å². The molecular weight excluding hydrogens is 304 g/mol. The molecule has 0 aliphatic rings. The van der Waals surface area contributed by atoms with Crippen LogP contribution < -0.4 is 0 Å². The van der Waals surface area contributed by atoms with Crippen molar-refractivity contribution in [2.24, 2.45) is 0 Å². The van der Waals surface area contributed by atoms with Gasteiger partial charge in [-0.2, -0.15) is 9.61 Å². The van der Waals surface area contributed by atoms with E-state index in [0.29, 0.717) is 5.02 Å². The van der Waals surface area contributed by atoms with E-state index in [1.54, 1.807) is 4.52 Å². The van der Waals surface area contributed by atoms with Crippen LogP contribution in [0.2, 0.25) is 5.02 Å². The molecule has 0 N–H and O–H groups in total. The van der Waals surface area contributed by atoms with Gasteiger partial charge < -0.3 is 0 Å². The zero-order valence-electron chi connectivity index (χ0n) is 10.8. The Hall–Kier alpha value is -2.24. The molecule has 6 heteroatoms. The Kier molecular flexibility index (Phi) is 2.94. The number of fused-ring (bicyclic) bond motifs is 1. The third-order valence-corrected chi connectivity index (χ3v) is 4.31. The fraction of sp³-hybridized carbons (Fsp3) is 0. The fourth-order valence-electron chi connectivity index (χ4n) is 2.09. The molecule has 2 heterocycles. The molecular formula is C15H9ClN4S. The van der Waals surface area contributed by atoms with Gasteiger partial charge in [0.25, 0.3) is 0 Å². The SMILES string of the molecule is Clc1ccc(-c2nnc3sc(-c4ccccc4)nn23)cc1. The predicted molar refractivity (Wildman–Crippen MR) is 84.5 cm³/mol. The van der Waals surface area contributed by atoms with Gasteiger partial charge in [-0.15, -0.1) is 10.2 Å². The maximum atomic E-state index is 5.92. The molecule has 2 aromatic heterocycles. The predicted octanol–water partition coefficient (Wildman–Crippen LogP) is 4.17. The summed E-state index contributed by atoms with van der Waals surface area (Å²) in [6.07, 6.45) is 0. The first kappa shape index (κ1) is 12.5. The summed E-state index contributed by atoms with van der Waals surface area (Å²) in [6.45, 7) is 0. The van der Waals surface area contributed by atoms with E-state index in [1.807, 2.05) is 54.6 Å². The van der Waals surface area contributed by atoms with E-state index < -0.39 is 0 Å². The second-order valence-corrected chi connectivity index (χ2v) is 5.89. The van der Waals surface area contributed by atoms with Crippen molar-refractivity contribution in [1.82, 2.24) is 19.8 Å². The minimum absolute atomic E-state index is 0.697. The molecule has 0 saturated heterocycles. The van der Waals surface area contributed by atoms with Gasteiger partial charge in [0.15, 0.2) is 5.82 Å². The van der Waals surface area contributed by atoms with Crippen LogP contribution in [0.4, 0.5) is 0 Å². The minimum atomic E-state index is 0.697. The lowest BCUT2D eigenvalue weighted by Gasteiger charge is -1.97. The van der Waals surface area contributed by atoms with E-state index in [1.165, 1.54) is 11.3 Å². The highest BCUT2D eigenvalue weighted by molar-refractivity contribution is 7.19. The minimum Gasteiger partial charge on any atom is -0.182 e. The van der Waals surface area contributed by atoms with E-state index in [4.69, 9.17) is 11.6 Å². The molecule has 4 nitrogen and oxygen atoms in total. The molecule has 0 amide bonds. The quantitative estimate of drug-likeness (QED) is 0.558. The van der Waals surface area contributed by atoms with Crippen LogP contribution in [0.15, 0.2) is 54.6 Å². The maximum absolute atomic E-state index is 5.92. The van der Waals surface area contributed by atoms with Gasteiger partial charge in [0, 0.05) is 16.1 Å². The van der Waals surface area contributed by atoms with Crippen molar-refractivity contribution in [3.8, 4) is 22.0 Å². The monoisotopic (exact) mass is 312 g/mol. The van der Waals surface area contributed by atoms with E-state index >= 15 is 0 Å². The molecule has 0 bridgehead atoms. The van der Waals surface area contributed by atoms with Gasteiger partial charge in [0.1, 0.15) is 5.01 Å². The number of nitrogens with zero attached hydrogens (tertiary/aromatic N) is 4. The van der Waals surface area contributed by atoms with Gasteiger partial charge in [-0.3, -0.25) is 0 Å². The Morgan fingerprint density at radius 1 is 0.857 bits per heavy atom. The number of halogens is 1. The summed E-state index contributed by atoms with van der Waals surface area (Å²) in [7, 11) is 0. The molecule has 2 aromatic carbocycles. The zero-order chi connectivity index (χ0) is 14.2. The number of hydrogen-bond acceptors (Lipinski definition) is 4. The van der Waals surface area contributed by atoms with Gasteiger partial charge in [0.05, 0.1) is 0 Å². The number of aromatic nitrogens is 4. The summed E-state index contributed by atoms with van der Waals surface area (Å²) in [6, 6.07) is 17.6. The maximum Gasteiger partial charge on any atom is 0.235 e. The number of rotatable bonds is 2. The molecule has 0 unspecified atom stereocenters. The van der Waals surface area contributed by atoms with Crippen LogP contribution in [0.5, 0.6) is 0 Å². The molecule has 21 heavy (non-hydrogen) atoms. The third kappa shape index (κ3) is 2.20. The fourth-order valence-corrected chi connectivity index (χ4v) is 3.06. The standard InChI is InChI=1S/C15H9ClN4S/c16-12-8-6-10(7-9-12)13-17-18-15-20(13)19-14(21-15)11-4-2-1-3-5-11/h1-9H. The Balaban J connectivity index is 1.85. The molecule has 4 aromatic rings. The normalized spacial score (nSPS) is 11.1. The Bertz CT molecular complexity index is 896. The summed E-state index contributed by atoms with van der Waals surface area (Å²) >= 11 is 7.44. The van der Waals surface area contributed by atoms with Crippen molar-refractivity contribution in [3.63, 3.8) is 0 Å². The first-order valence-electron chi connectivity index (χ1n) is 6.35. The molecule has 0 fully saturated rings. The summed E-state index contributed by atoms with van der Waals surface area (Å²) in [5, 5.41) is 14.6. The van der Waals surface area contributed by atoms with Gasteiger partial charge >= 0.3 is 0 Å². The van der Waals surface area contributed by atoms with Crippen molar-refractivity contribution >= 4 is 27.9 Å². The largest absolute Gasteiger partial charge is 0.235 e. The molecule has 0 aliphatic carbocycles. The van der Waals surface area contributed by atoms with E-state index in [0.717, 1.165) is 26.9 Å². The Labute approximate surface area is 129 Å². The summed E-state index contributed by atoms with van der Waals surface area (Å²) < 4.78 is 1.77. The van der Waals surface area contributed by atoms with Crippen molar-refractivity contribution in [2.75, 3.05) is 0 Å². The van der Waals surface area contributed by atoms with Crippen LogP contribution >= 0.6 is 22.9 Å². The van der Waals surface area contributed by atoms with Crippen LogP contribution in [0, 0.1) is 0 Å². The summed E-state index contributed by atoms with van der Waals surface area (Å²) in [4.78, 5) is 0.777. The lowest BCUT2D eigenvalue weighted by Crippen LogP contribution is -1.90. The van der Waals surface area contributed by atoms with Crippen LogP contribution in [0.25, 0.3) is 26.9 Å². The zero-order valence-corrected chi connectivity index (χ0v) is 12.3. The highest BCUT2D eigenvalue weighted by Crippen LogP contribution is 2.28. The molecule has 0 spiro atoms. The molecule has 0 saturated carbocycles. The van der Waals surface area contributed by atoms with Crippen molar-refractivity contribution < 1.29 is 0 Å². The lowest BCUT2D eigenvalue weighted by molar-refractivity contribution is 0.971. The van der Waals surface area contributed by atoms with E-state index in [9.17, 15) is 0 Å². The molecule has 102 valence electrons. The number of hydrogen-bond donors (Lipinski definition) is 0. The van der Waals surface area contributed by atoms with Crippen molar-refractivity contribution in [3.05, 3.63) is 59.6 Å². The molecule has 4 rings (SSSR count). The average molecular weight is 313 g/mol. The highest BCUT2D eigenvalue weighted by Gasteiger charge is 2.14. The van der Waals surface area contributed by atoms with Crippen molar-refractivity contribution in [2.45, 2.75) is 0 Å². The van der Waals surface area contributed by atoms with Gasteiger partial charge in [-0.05, 0) is 24.3 Å². The van der Waals surface area contributed by atoms with Crippen LogP contribution in [-0.4, -0.2) is 19.8 Å². The molecule has 0 radical (unpaired) electrons. The summed E-state index contributed by atoms with van der Waals surface area (Å²) in [5.74, 6) is 0.722. The van der Waals surface area contributed by atoms with Crippen LogP contribution in [0.3, 0.4) is 0 Å². The van der Waals surface area contributed by atoms with Crippen LogP contribution in [0.1, 0.15) is 0 Å². The Morgan fingerprint density at radius 2 is 1.62 bits per heavy atom. The van der Waals surface area contributed by atoms with E-state index in [2.05, 4.69) is 15.3 Å². The second kappa shape index (κ2) is 4.95. The van der Waals surface area contributed by atoms with E-state index in [-0.39, 0.29) is 0 Å². The lowest BCUT2D eigenvalue weighted by atomic mass is 10.2. The highest BCUT2D eigenvalue weighted by atomic mass is 35.5. The van der Waals surface area contributed by atoms with Gasteiger partial charge in [-0.1, -0.05) is 53.3 Å². The van der Waals surface area contributed by atoms with Gasteiger partial charge in [0.2, 0.25) is 4.96 Å². The van der Waals surface area contributed by atoms with Gasteiger partial charge in [-0.25, -0.2) is 0 Å². The first-order valence-corrected chi connectivity index (χ1v) is 7.54. The summed E-state index contributed by atoms with van der Waals surface area (Å²) in [5.41, 5.74) is 2.02. The smallest absolute Gasteiger partial charge is 0.182 e. The molecule has 0 atom stereocenters. The topological polar surface area (TPSA) is 43.1 Å². The second-order valence-electron chi connectivity index (χ2n) is 4.50. The Morgan fingerprint density at radius 3 is 2.38 bits per heavy atom. The first-order chi connectivity index (χ1) is 10.3. The number of benzene rings is 2. The van der Waals surface area contributed by atoms with Crippen LogP contribution in [-0.2, 0) is 0 Å².